The van der Waals surface area contributed by atoms with Crippen LogP contribution in [0.3, 0.4) is 0 Å². The highest BCUT2D eigenvalue weighted by atomic mass is 16.5. The zero-order valence-corrected chi connectivity index (χ0v) is 16.3. The SMILES string of the molecule is COc1ccccc1OCCNC(=O)COC(=O)CN1C(=O)C(=O)c2ccccc21. The summed E-state index contributed by atoms with van der Waals surface area (Å²) in [6.07, 6.45) is 0. The van der Waals surface area contributed by atoms with Crippen LogP contribution in [0.15, 0.2) is 48.5 Å². The molecule has 0 aliphatic carbocycles. The third-order valence-electron chi connectivity index (χ3n) is 4.28. The Balaban J connectivity index is 1.39. The Morgan fingerprint density at radius 1 is 1.00 bits per heavy atom. The zero-order valence-electron chi connectivity index (χ0n) is 16.3. The number of rotatable bonds is 9. The zero-order chi connectivity index (χ0) is 21.5. The predicted octanol–water partition coefficient (Wildman–Crippen LogP) is 0.963. The van der Waals surface area contributed by atoms with E-state index in [0.29, 0.717) is 17.2 Å². The number of hydrogen-bond acceptors (Lipinski definition) is 7. The van der Waals surface area contributed by atoms with Gasteiger partial charge in [-0.15, -0.1) is 0 Å². The van der Waals surface area contributed by atoms with Gasteiger partial charge in [-0.1, -0.05) is 24.3 Å². The molecule has 1 aliphatic heterocycles. The number of hydrogen-bond donors (Lipinski definition) is 1. The van der Waals surface area contributed by atoms with Gasteiger partial charge < -0.3 is 19.5 Å². The van der Waals surface area contributed by atoms with Gasteiger partial charge >= 0.3 is 5.97 Å². The van der Waals surface area contributed by atoms with Crippen LogP contribution in [-0.2, 0) is 19.1 Å². The molecule has 1 aliphatic rings. The van der Waals surface area contributed by atoms with Crippen LogP contribution in [0.1, 0.15) is 10.4 Å². The second-order valence-corrected chi connectivity index (χ2v) is 6.25. The van der Waals surface area contributed by atoms with E-state index in [4.69, 9.17) is 14.2 Å². The van der Waals surface area contributed by atoms with Crippen LogP contribution in [0.4, 0.5) is 5.69 Å². The molecular weight excluding hydrogens is 392 g/mol. The van der Waals surface area contributed by atoms with Crippen molar-refractivity contribution >= 4 is 29.3 Å². The van der Waals surface area contributed by atoms with Gasteiger partial charge in [0.1, 0.15) is 13.2 Å². The molecule has 0 spiro atoms. The first-order chi connectivity index (χ1) is 14.5. The molecule has 0 saturated heterocycles. The van der Waals surface area contributed by atoms with Crippen LogP contribution in [0.2, 0.25) is 0 Å². The lowest BCUT2D eigenvalue weighted by Gasteiger charge is -2.15. The summed E-state index contributed by atoms with van der Waals surface area (Å²) >= 11 is 0. The molecule has 0 aromatic heterocycles. The molecule has 2 amide bonds. The van der Waals surface area contributed by atoms with Gasteiger partial charge in [0.25, 0.3) is 17.6 Å². The number of benzene rings is 2. The topological polar surface area (TPSA) is 111 Å². The second-order valence-electron chi connectivity index (χ2n) is 6.25. The van der Waals surface area contributed by atoms with Gasteiger partial charge in [0.15, 0.2) is 18.1 Å². The number of anilines is 1. The molecule has 0 atom stereocenters. The average Bonchev–Trinajstić information content (AvgIpc) is 3.00. The number of ketones is 1. The summed E-state index contributed by atoms with van der Waals surface area (Å²) in [5, 5.41) is 2.55. The smallest absolute Gasteiger partial charge is 0.326 e. The van der Waals surface area contributed by atoms with Crippen molar-refractivity contribution in [2.45, 2.75) is 0 Å². The first-order valence-electron chi connectivity index (χ1n) is 9.14. The molecular formula is C21H20N2O7. The summed E-state index contributed by atoms with van der Waals surface area (Å²) in [7, 11) is 1.53. The van der Waals surface area contributed by atoms with Crippen molar-refractivity contribution in [2.24, 2.45) is 0 Å². The monoisotopic (exact) mass is 412 g/mol. The average molecular weight is 412 g/mol. The van der Waals surface area contributed by atoms with Crippen LogP contribution in [0.5, 0.6) is 11.5 Å². The van der Waals surface area contributed by atoms with E-state index < -0.39 is 36.7 Å². The Morgan fingerprint density at radius 3 is 2.47 bits per heavy atom. The standard InChI is InChI=1S/C21H20N2O7/c1-28-16-8-4-5-9-17(16)29-11-10-22-18(24)13-30-19(25)12-23-15-7-3-2-6-14(15)20(26)21(23)27/h2-9H,10-13H2,1H3,(H,22,24). The summed E-state index contributed by atoms with van der Waals surface area (Å²) < 4.78 is 15.6. The third kappa shape index (κ3) is 4.75. The fourth-order valence-electron chi connectivity index (χ4n) is 2.87. The van der Waals surface area contributed by atoms with Crippen LogP contribution in [-0.4, -0.2) is 57.0 Å². The molecule has 3 rings (SSSR count). The maximum Gasteiger partial charge on any atom is 0.326 e. The highest BCUT2D eigenvalue weighted by Gasteiger charge is 2.36. The highest BCUT2D eigenvalue weighted by molar-refractivity contribution is 6.52. The largest absolute Gasteiger partial charge is 0.493 e. The number of methoxy groups -OCH3 is 1. The van der Waals surface area contributed by atoms with E-state index in [-0.39, 0.29) is 18.7 Å². The Bertz CT molecular complexity index is 973. The lowest BCUT2D eigenvalue weighted by Crippen LogP contribution is -2.37. The van der Waals surface area contributed by atoms with E-state index in [2.05, 4.69) is 5.32 Å². The number of amides is 2. The number of fused-ring (bicyclic) bond motifs is 1. The van der Waals surface area contributed by atoms with E-state index in [9.17, 15) is 19.2 Å². The molecule has 0 saturated carbocycles. The van der Waals surface area contributed by atoms with E-state index in [1.54, 1.807) is 36.4 Å². The van der Waals surface area contributed by atoms with Gasteiger partial charge in [0, 0.05) is 0 Å². The minimum atomic E-state index is -0.800. The van der Waals surface area contributed by atoms with Crippen molar-refractivity contribution in [1.29, 1.82) is 0 Å². The minimum Gasteiger partial charge on any atom is -0.493 e. The third-order valence-corrected chi connectivity index (χ3v) is 4.28. The lowest BCUT2D eigenvalue weighted by atomic mass is 10.1. The van der Waals surface area contributed by atoms with Crippen molar-refractivity contribution in [3.63, 3.8) is 0 Å². The van der Waals surface area contributed by atoms with Gasteiger partial charge in [0.05, 0.1) is 24.9 Å². The number of nitrogens with zero attached hydrogens (tertiary/aromatic N) is 1. The Labute approximate surface area is 172 Å². The van der Waals surface area contributed by atoms with Gasteiger partial charge in [-0.25, -0.2) is 0 Å². The van der Waals surface area contributed by atoms with Crippen LogP contribution >= 0.6 is 0 Å². The van der Waals surface area contributed by atoms with Gasteiger partial charge in [-0.05, 0) is 24.3 Å². The van der Waals surface area contributed by atoms with Gasteiger partial charge in [0.2, 0.25) is 0 Å². The quantitative estimate of drug-likeness (QED) is 0.371. The van der Waals surface area contributed by atoms with Crippen molar-refractivity contribution < 1.29 is 33.4 Å². The Hall–Kier alpha value is -3.88. The summed E-state index contributed by atoms with van der Waals surface area (Å²) in [5.74, 6) is -1.66. The number of para-hydroxylation sites is 3. The summed E-state index contributed by atoms with van der Waals surface area (Å²) in [6.45, 7) is -0.570. The maximum absolute atomic E-state index is 12.0. The Kier molecular flexibility index (Phi) is 6.63. The van der Waals surface area contributed by atoms with Crippen molar-refractivity contribution in [1.82, 2.24) is 5.32 Å². The van der Waals surface area contributed by atoms with Crippen molar-refractivity contribution in [2.75, 3.05) is 38.3 Å². The van der Waals surface area contributed by atoms with E-state index >= 15 is 0 Å². The molecule has 156 valence electrons. The van der Waals surface area contributed by atoms with Gasteiger partial charge in [-0.3, -0.25) is 24.1 Å². The molecule has 9 nitrogen and oxygen atoms in total. The van der Waals surface area contributed by atoms with Crippen LogP contribution < -0.4 is 19.7 Å². The molecule has 0 bridgehead atoms. The molecule has 1 heterocycles. The fraction of sp³-hybridized carbons (Fsp3) is 0.238. The first-order valence-corrected chi connectivity index (χ1v) is 9.14. The van der Waals surface area contributed by atoms with Crippen LogP contribution in [0.25, 0.3) is 0 Å². The molecule has 2 aromatic rings. The first kappa shape index (κ1) is 20.8. The molecule has 0 radical (unpaired) electrons. The molecule has 0 unspecified atom stereocenters. The van der Waals surface area contributed by atoms with E-state index in [1.807, 2.05) is 6.07 Å². The molecule has 0 fully saturated rings. The number of ether oxygens (including phenoxy) is 3. The number of esters is 1. The van der Waals surface area contributed by atoms with E-state index in [0.717, 1.165) is 4.90 Å². The molecule has 30 heavy (non-hydrogen) atoms. The molecule has 2 aromatic carbocycles. The summed E-state index contributed by atoms with van der Waals surface area (Å²) in [4.78, 5) is 48.8. The van der Waals surface area contributed by atoms with Crippen molar-refractivity contribution in [3.05, 3.63) is 54.1 Å². The fourth-order valence-corrected chi connectivity index (χ4v) is 2.87. The predicted molar refractivity (Wildman–Crippen MR) is 106 cm³/mol. The van der Waals surface area contributed by atoms with Crippen LogP contribution in [0, 0.1) is 0 Å². The summed E-state index contributed by atoms with van der Waals surface area (Å²) in [5.41, 5.74) is 0.588. The molecule has 9 heteroatoms. The number of carbonyl (C=O) groups is 4. The normalized spacial score (nSPS) is 12.4. The minimum absolute atomic E-state index is 0.195. The van der Waals surface area contributed by atoms with Gasteiger partial charge in [-0.2, -0.15) is 0 Å². The number of Topliss-reactive ketones (excluding diaryl/α,β-unsaturated/α-hetero) is 1. The van der Waals surface area contributed by atoms with Crippen molar-refractivity contribution in [3.8, 4) is 11.5 Å². The maximum atomic E-state index is 12.0. The second kappa shape index (κ2) is 9.55. The summed E-state index contributed by atoms with van der Waals surface area (Å²) in [6, 6.07) is 13.5. The highest BCUT2D eigenvalue weighted by Crippen LogP contribution is 2.28. The Morgan fingerprint density at radius 2 is 1.70 bits per heavy atom. The number of carbonyl (C=O) groups excluding carboxylic acids is 4. The lowest BCUT2D eigenvalue weighted by molar-refractivity contribution is -0.147. The number of nitrogens with one attached hydrogen (secondary N) is 1. The molecule has 1 N–H and O–H groups in total. The van der Waals surface area contributed by atoms with E-state index in [1.165, 1.54) is 13.2 Å².